The summed E-state index contributed by atoms with van der Waals surface area (Å²) in [6.07, 6.45) is 1.75. The number of aromatic nitrogens is 3. The van der Waals surface area contributed by atoms with Gasteiger partial charge < -0.3 is 0 Å². The summed E-state index contributed by atoms with van der Waals surface area (Å²) >= 11 is 11.7. The molecule has 1 aliphatic rings. The van der Waals surface area contributed by atoms with Crippen molar-refractivity contribution in [2.75, 3.05) is 5.32 Å². The Morgan fingerprint density at radius 1 is 1.71 bits per heavy atom. The Labute approximate surface area is 90.2 Å². The predicted octanol–water partition coefficient (Wildman–Crippen LogP) is 1.33. The van der Waals surface area contributed by atoms with Crippen molar-refractivity contribution in [3.05, 3.63) is 6.33 Å². The maximum atomic E-state index is 11.6. The van der Waals surface area contributed by atoms with Crippen molar-refractivity contribution in [1.29, 1.82) is 0 Å². The zero-order valence-corrected chi connectivity index (χ0v) is 8.85. The molecule has 0 bridgehead atoms. The highest BCUT2D eigenvalue weighted by atomic mass is 35.5. The van der Waals surface area contributed by atoms with Crippen LogP contribution in [0.2, 0.25) is 0 Å². The Bertz CT molecular complexity index is 364. The molecule has 1 aromatic rings. The number of nitrogens with one attached hydrogen (secondary N) is 2. The molecule has 1 atom stereocenters. The number of amides is 1. The summed E-state index contributed by atoms with van der Waals surface area (Å²) in [6, 6.07) is 0. The summed E-state index contributed by atoms with van der Waals surface area (Å²) in [5.74, 6) is 0.0477. The van der Waals surface area contributed by atoms with Crippen LogP contribution in [0.4, 0.5) is 5.95 Å². The minimum absolute atomic E-state index is 0.251. The molecule has 5 nitrogen and oxygen atoms in total. The van der Waals surface area contributed by atoms with Gasteiger partial charge in [-0.05, 0) is 13.3 Å². The van der Waals surface area contributed by atoms with Gasteiger partial charge in [-0.1, -0.05) is 0 Å². The average Bonchev–Trinajstić information content (AvgIpc) is 2.54. The van der Waals surface area contributed by atoms with Gasteiger partial charge in [0.25, 0.3) is 0 Å². The number of carbonyl (C=O) groups excluding carboxylic acids is 1. The van der Waals surface area contributed by atoms with Gasteiger partial charge in [0.05, 0.1) is 5.41 Å². The number of anilines is 1. The fraction of sp³-hybridized carbons (Fsp3) is 0.571. The largest absolute Gasteiger partial charge is 0.294 e. The van der Waals surface area contributed by atoms with Gasteiger partial charge in [0.2, 0.25) is 11.9 Å². The van der Waals surface area contributed by atoms with Crippen LogP contribution in [-0.2, 0) is 4.79 Å². The van der Waals surface area contributed by atoms with Crippen molar-refractivity contribution in [2.24, 2.45) is 5.41 Å². The van der Waals surface area contributed by atoms with E-state index >= 15 is 0 Å². The van der Waals surface area contributed by atoms with Crippen molar-refractivity contribution in [3.63, 3.8) is 0 Å². The van der Waals surface area contributed by atoms with Crippen molar-refractivity contribution < 1.29 is 4.79 Å². The molecule has 0 saturated heterocycles. The summed E-state index contributed by atoms with van der Waals surface area (Å²) in [6.45, 7) is 1.71. The van der Waals surface area contributed by atoms with Gasteiger partial charge in [-0.15, -0.1) is 23.2 Å². The number of hydrogen-bond acceptors (Lipinski definition) is 3. The second-order valence-corrected chi connectivity index (χ2v) is 4.99. The van der Waals surface area contributed by atoms with Crippen molar-refractivity contribution in [1.82, 2.24) is 15.2 Å². The standard InChI is InChI=1S/C7H8Cl2N4O/c1-6(2-7(6,8)9)4(14)12-5-10-3-11-13-5/h3H,2H2,1H3,(H2,10,11,12,13,14)/t6-/m0/s1. The normalized spacial score (nSPS) is 28.5. The summed E-state index contributed by atoms with van der Waals surface area (Å²) < 4.78 is -0.961. The first kappa shape index (κ1) is 9.73. The first-order chi connectivity index (χ1) is 6.46. The van der Waals surface area contributed by atoms with Crippen LogP contribution in [0.15, 0.2) is 6.33 Å². The van der Waals surface area contributed by atoms with E-state index in [2.05, 4.69) is 20.5 Å². The average molecular weight is 235 g/mol. The van der Waals surface area contributed by atoms with Crippen LogP contribution in [-0.4, -0.2) is 25.4 Å². The van der Waals surface area contributed by atoms with Crippen LogP contribution < -0.4 is 5.32 Å². The highest BCUT2D eigenvalue weighted by Crippen LogP contribution is 2.64. The lowest BCUT2D eigenvalue weighted by molar-refractivity contribution is -0.120. The second-order valence-electron chi connectivity index (χ2n) is 3.50. The van der Waals surface area contributed by atoms with Gasteiger partial charge in [-0.3, -0.25) is 10.1 Å². The van der Waals surface area contributed by atoms with Crippen LogP contribution in [0.5, 0.6) is 0 Å². The molecule has 1 amide bonds. The number of alkyl halides is 2. The van der Waals surface area contributed by atoms with Crippen molar-refractivity contribution in [3.8, 4) is 0 Å². The second kappa shape index (κ2) is 2.84. The molecule has 0 radical (unpaired) electrons. The van der Waals surface area contributed by atoms with E-state index < -0.39 is 9.75 Å². The zero-order valence-electron chi connectivity index (χ0n) is 7.34. The SMILES string of the molecule is C[C@@]1(C(=O)Nc2ncn[nH]2)CC1(Cl)Cl. The van der Waals surface area contributed by atoms with Crippen LogP contribution in [0.25, 0.3) is 0 Å². The van der Waals surface area contributed by atoms with Gasteiger partial charge in [0.15, 0.2) is 0 Å². The lowest BCUT2D eigenvalue weighted by Crippen LogP contribution is -2.26. The van der Waals surface area contributed by atoms with Crippen LogP contribution in [0, 0.1) is 5.41 Å². The quantitative estimate of drug-likeness (QED) is 0.759. The third-order valence-corrected chi connectivity index (χ3v) is 3.51. The van der Waals surface area contributed by atoms with Crippen molar-refractivity contribution in [2.45, 2.75) is 17.7 Å². The number of aromatic amines is 1. The highest BCUT2D eigenvalue weighted by Gasteiger charge is 2.68. The van der Waals surface area contributed by atoms with E-state index in [-0.39, 0.29) is 5.91 Å². The number of hydrogen-bond donors (Lipinski definition) is 2. The molecule has 0 unspecified atom stereocenters. The fourth-order valence-corrected chi connectivity index (χ4v) is 1.86. The number of nitrogens with zero attached hydrogens (tertiary/aromatic N) is 2. The third kappa shape index (κ3) is 1.36. The maximum Gasteiger partial charge on any atom is 0.235 e. The monoisotopic (exact) mass is 234 g/mol. The number of rotatable bonds is 2. The number of carbonyl (C=O) groups is 1. The Morgan fingerprint density at radius 2 is 2.36 bits per heavy atom. The molecule has 1 aliphatic carbocycles. The lowest BCUT2D eigenvalue weighted by atomic mass is 10.1. The number of halogens is 2. The Morgan fingerprint density at radius 3 is 2.79 bits per heavy atom. The Kier molecular flexibility index (Phi) is 1.97. The molecular formula is C7H8Cl2N4O. The van der Waals surface area contributed by atoms with Crippen LogP contribution >= 0.6 is 23.2 Å². The van der Waals surface area contributed by atoms with E-state index in [0.29, 0.717) is 12.4 Å². The van der Waals surface area contributed by atoms with Gasteiger partial charge in [-0.2, -0.15) is 10.1 Å². The minimum Gasteiger partial charge on any atom is -0.294 e. The molecule has 0 aliphatic heterocycles. The van der Waals surface area contributed by atoms with Gasteiger partial charge >= 0.3 is 0 Å². The molecule has 1 aromatic heterocycles. The molecule has 2 rings (SSSR count). The molecule has 0 spiro atoms. The molecule has 76 valence electrons. The molecule has 1 heterocycles. The summed E-state index contributed by atoms with van der Waals surface area (Å²) in [5.41, 5.74) is -0.733. The maximum absolute atomic E-state index is 11.6. The molecule has 7 heteroatoms. The molecular weight excluding hydrogens is 227 g/mol. The van der Waals surface area contributed by atoms with Crippen LogP contribution in [0.1, 0.15) is 13.3 Å². The van der Waals surface area contributed by atoms with Gasteiger partial charge in [0, 0.05) is 0 Å². The first-order valence-electron chi connectivity index (χ1n) is 4.00. The predicted molar refractivity (Wildman–Crippen MR) is 52.2 cm³/mol. The molecule has 1 fully saturated rings. The van der Waals surface area contributed by atoms with Crippen molar-refractivity contribution >= 4 is 35.1 Å². The highest BCUT2D eigenvalue weighted by molar-refractivity contribution is 6.53. The molecule has 1 saturated carbocycles. The van der Waals surface area contributed by atoms with E-state index in [1.807, 2.05) is 0 Å². The fourth-order valence-electron chi connectivity index (χ4n) is 1.16. The van der Waals surface area contributed by atoms with E-state index in [0.717, 1.165) is 0 Å². The summed E-state index contributed by atoms with van der Waals surface area (Å²) in [4.78, 5) is 15.4. The topological polar surface area (TPSA) is 70.7 Å². The summed E-state index contributed by atoms with van der Waals surface area (Å²) in [7, 11) is 0. The molecule has 0 aromatic carbocycles. The van der Waals surface area contributed by atoms with E-state index in [1.54, 1.807) is 6.92 Å². The smallest absolute Gasteiger partial charge is 0.235 e. The van der Waals surface area contributed by atoms with E-state index in [4.69, 9.17) is 23.2 Å². The minimum atomic E-state index is -0.961. The van der Waals surface area contributed by atoms with E-state index in [1.165, 1.54) is 6.33 Å². The first-order valence-corrected chi connectivity index (χ1v) is 4.76. The molecule has 2 N–H and O–H groups in total. The van der Waals surface area contributed by atoms with E-state index in [9.17, 15) is 4.79 Å². The van der Waals surface area contributed by atoms with Crippen LogP contribution in [0.3, 0.4) is 0 Å². The number of H-pyrrole nitrogens is 1. The molecule has 14 heavy (non-hydrogen) atoms. The van der Waals surface area contributed by atoms with Gasteiger partial charge in [0.1, 0.15) is 10.7 Å². The summed E-state index contributed by atoms with van der Waals surface area (Å²) in [5, 5.41) is 8.66. The lowest BCUT2D eigenvalue weighted by Gasteiger charge is -2.09. The third-order valence-electron chi connectivity index (χ3n) is 2.41. The Hall–Kier alpha value is -0.810. The zero-order chi connectivity index (χ0) is 10.4. The Balaban J connectivity index is 2.05. The van der Waals surface area contributed by atoms with Gasteiger partial charge in [-0.25, -0.2) is 5.10 Å².